The molecule has 0 saturated heterocycles. The van der Waals surface area contributed by atoms with Gasteiger partial charge in [0.25, 0.3) is 0 Å². The Morgan fingerprint density at radius 1 is 1.70 bits per heavy atom. The van der Waals surface area contributed by atoms with Gasteiger partial charge in [0.15, 0.2) is 0 Å². The molecule has 3 heteroatoms. The molecule has 0 radical (unpaired) electrons. The molecule has 0 atom stereocenters. The zero-order valence-corrected chi connectivity index (χ0v) is 6.74. The van der Waals surface area contributed by atoms with Gasteiger partial charge in [-0.3, -0.25) is 0 Å². The van der Waals surface area contributed by atoms with E-state index in [1.807, 2.05) is 6.26 Å². The summed E-state index contributed by atoms with van der Waals surface area (Å²) in [4.78, 5) is 0.650. The molecule has 0 aliphatic heterocycles. The third kappa shape index (κ3) is 2.19. The van der Waals surface area contributed by atoms with Crippen LogP contribution in [0.25, 0.3) is 0 Å². The van der Waals surface area contributed by atoms with E-state index in [2.05, 4.69) is 13.2 Å². The lowest BCUT2D eigenvalue weighted by atomic mass is 10.3. The standard InChI is InChI=1S/C7H11NOS/c1-4-6(9)7(8)5(2)10-3/h4,9H,1-2,8H2,3H3/b7-6-. The molecule has 0 fully saturated rings. The van der Waals surface area contributed by atoms with Gasteiger partial charge in [0.05, 0.1) is 5.70 Å². The van der Waals surface area contributed by atoms with Crippen LogP contribution in [0.4, 0.5) is 0 Å². The molecule has 0 aromatic rings. The van der Waals surface area contributed by atoms with Crippen molar-refractivity contribution in [2.75, 3.05) is 6.26 Å². The highest BCUT2D eigenvalue weighted by Gasteiger charge is 1.99. The van der Waals surface area contributed by atoms with Gasteiger partial charge in [0.1, 0.15) is 5.76 Å². The topological polar surface area (TPSA) is 46.2 Å². The Kier molecular flexibility index (Phi) is 3.72. The average molecular weight is 157 g/mol. The van der Waals surface area contributed by atoms with Crippen molar-refractivity contribution < 1.29 is 5.11 Å². The predicted molar refractivity (Wildman–Crippen MR) is 46.7 cm³/mol. The van der Waals surface area contributed by atoms with Gasteiger partial charge in [-0.2, -0.15) is 0 Å². The van der Waals surface area contributed by atoms with Crippen LogP contribution in [-0.2, 0) is 0 Å². The second kappa shape index (κ2) is 4.06. The van der Waals surface area contributed by atoms with Gasteiger partial charge in [-0.25, -0.2) is 0 Å². The van der Waals surface area contributed by atoms with Crippen molar-refractivity contribution >= 4 is 11.8 Å². The van der Waals surface area contributed by atoms with Crippen LogP contribution in [0.5, 0.6) is 0 Å². The van der Waals surface area contributed by atoms with Crippen LogP contribution in [0.15, 0.2) is 35.6 Å². The molecule has 2 nitrogen and oxygen atoms in total. The summed E-state index contributed by atoms with van der Waals surface area (Å²) in [6, 6.07) is 0. The molecule has 0 unspecified atom stereocenters. The van der Waals surface area contributed by atoms with E-state index >= 15 is 0 Å². The van der Waals surface area contributed by atoms with Crippen LogP contribution in [0, 0.1) is 0 Å². The van der Waals surface area contributed by atoms with Gasteiger partial charge in [-0.05, 0) is 12.3 Å². The van der Waals surface area contributed by atoms with Gasteiger partial charge in [0, 0.05) is 4.91 Å². The summed E-state index contributed by atoms with van der Waals surface area (Å²) in [6.45, 7) is 6.97. The Hall–Kier alpha value is -0.830. The number of nitrogens with two attached hydrogens (primary N) is 1. The molecule has 0 aromatic carbocycles. The second-order valence-electron chi connectivity index (χ2n) is 1.63. The maximum absolute atomic E-state index is 8.99. The van der Waals surface area contributed by atoms with E-state index < -0.39 is 0 Å². The molecule has 0 amide bonds. The minimum atomic E-state index is -0.0145. The van der Waals surface area contributed by atoms with E-state index in [-0.39, 0.29) is 5.76 Å². The Bertz CT molecular complexity index is 184. The highest BCUT2D eigenvalue weighted by atomic mass is 32.2. The molecule has 0 aliphatic carbocycles. The van der Waals surface area contributed by atoms with Crippen molar-refractivity contribution in [3.8, 4) is 0 Å². The molecule has 0 spiro atoms. The van der Waals surface area contributed by atoms with Gasteiger partial charge < -0.3 is 10.8 Å². The van der Waals surface area contributed by atoms with Crippen LogP contribution in [0.3, 0.4) is 0 Å². The molecule has 3 N–H and O–H groups in total. The van der Waals surface area contributed by atoms with Crippen molar-refractivity contribution in [2.45, 2.75) is 0 Å². The SMILES string of the molecule is C=C/C(O)=C(/N)C(=C)SC. The van der Waals surface area contributed by atoms with Crippen LogP contribution in [-0.4, -0.2) is 11.4 Å². The summed E-state index contributed by atoms with van der Waals surface area (Å²) in [5.74, 6) is -0.0145. The lowest BCUT2D eigenvalue weighted by Gasteiger charge is -2.02. The monoisotopic (exact) mass is 157 g/mol. The van der Waals surface area contributed by atoms with Gasteiger partial charge in [0.2, 0.25) is 0 Å². The largest absolute Gasteiger partial charge is 0.506 e. The molecule has 0 saturated carbocycles. The van der Waals surface area contributed by atoms with Crippen LogP contribution in [0.1, 0.15) is 0 Å². The van der Waals surface area contributed by atoms with E-state index in [0.717, 1.165) is 0 Å². The number of hydrogen-bond donors (Lipinski definition) is 2. The lowest BCUT2D eigenvalue weighted by Crippen LogP contribution is -2.01. The van der Waals surface area contributed by atoms with Crippen LogP contribution < -0.4 is 5.73 Å². The number of rotatable bonds is 3. The van der Waals surface area contributed by atoms with Gasteiger partial charge in [-0.15, -0.1) is 11.8 Å². The second-order valence-corrected chi connectivity index (χ2v) is 2.53. The van der Waals surface area contributed by atoms with Crippen LogP contribution in [0.2, 0.25) is 0 Å². The molecular weight excluding hydrogens is 146 g/mol. The first kappa shape index (κ1) is 9.17. The molecule has 56 valence electrons. The lowest BCUT2D eigenvalue weighted by molar-refractivity contribution is 0.427. The summed E-state index contributed by atoms with van der Waals surface area (Å²) >= 11 is 1.39. The molecule has 0 aliphatic rings. The van der Waals surface area contributed by atoms with Crippen molar-refractivity contribution in [1.29, 1.82) is 0 Å². The zero-order valence-electron chi connectivity index (χ0n) is 5.92. The van der Waals surface area contributed by atoms with Crippen molar-refractivity contribution in [3.05, 3.63) is 35.6 Å². The zero-order chi connectivity index (χ0) is 8.15. The maximum Gasteiger partial charge on any atom is 0.139 e. The van der Waals surface area contributed by atoms with Crippen molar-refractivity contribution in [1.82, 2.24) is 0 Å². The fraction of sp³-hybridized carbons (Fsp3) is 0.143. The minimum Gasteiger partial charge on any atom is -0.506 e. The quantitative estimate of drug-likeness (QED) is 0.485. The summed E-state index contributed by atoms with van der Waals surface area (Å²) in [5, 5.41) is 8.99. The molecule has 0 aromatic heterocycles. The molecule has 0 heterocycles. The third-order valence-electron chi connectivity index (χ3n) is 1.02. The first-order valence-corrected chi connectivity index (χ1v) is 3.90. The van der Waals surface area contributed by atoms with Gasteiger partial charge >= 0.3 is 0 Å². The minimum absolute atomic E-state index is 0.0145. The summed E-state index contributed by atoms with van der Waals surface area (Å²) in [7, 11) is 0. The molecule has 0 rings (SSSR count). The molecular formula is C7H11NOS. The number of allylic oxidation sites excluding steroid dienone is 1. The van der Waals surface area contributed by atoms with Crippen molar-refractivity contribution in [3.63, 3.8) is 0 Å². The summed E-state index contributed by atoms with van der Waals surface area (Å²) in [6.07, 6.45) is 3.13. The number of hydrogen-bond acceptors (Lipinski definition) is 3. The maximum atomic E-state index is 8.99. The molecule has 0 bridgehead atoms. The first-order chi connectivity index (χ1) is 4.63. The Labute approximate surface area is 65.1 Å². The highest BCUT2D eigenvalue weighted by Crippen LogP contribution is 2.16. The fourth-order valence-corrected chi connectivity index (χ4v) is 0.687. The van der Waals surface area contributed by atoms with Crippen LogP contribution >= 0.6 is 11.8 Å². The summed E-state index contributed by atoms with van der Waals surface area (Å²) < 4.78 is 0. The Morgan fingerprint density at radius 2 is 2.20 bits per heavy atom. The Balaban J connectivity index is 4.45. The van der Waals surface area contributed by atoms with E-state index in [0.29, 0.717) is 10.6 Å². The van der Waals surface area contributed by atoms with Gasteiger partial charge in [-0.1, -0.05) is 13.2 Å². The van der Waals surface area contributed by atoms with E-state index in [1.54, 1.807) is 0 Å². The number of aliphatic hydroxyl groups is 1. The fourth-order valence-electron chi connectivity index (χ4n) is 0.363. The smallest absolute Gasteiger partial charge is 0.139 e. The number of thioether (sulfide) groups is 1. The highest BCUT2D eigenvalue weighted by molar-refractivity contribution is 8.02. The third-order valence-corrected chi connectivity index (χ3v) is 1.73. The number of aliphatic hydroxyl groups excluding tert-OH is 1. The average Bonchev–Trinajstić information content (AvgIpc) is 2.00. The normalized spacial score (nSPS) is 12.1. The summed E-state index contributed by atoms with van der Waals surface area (Å²) in [5.41, 5.74) is 5.71. The predicted octanol–water partition coefficient (Wildman–Crippen LogP) is 1.78. The van der Waals surface area contributed by atoms with E-state index in [1.165, 1.54) is 17.8 Å². The van der Waals surface area contributed by atoms with E-state index in [4.69, 9.17) is 10.8 Å². The van der Waals surface area contributed by atoms with Crippen molar-refractivity contribution in [2.24, 2.45) is 5.73 Å². The first-order valence-electron chi connectivity index (χ1n) is 2.68. The van der Waals surface area contributed by atoms with E-state index in [9.17, 15) is 0 Å². The Morgan fingerprint density at radius 3 is 2.50 bits per heavy atom. The molecule has 10 heavy (non-hydrogen) atoms.